The molecule has 0 saturated carbocycles. The van der Waals surface area contributed by atoms with E-state index < -0.39 is 0 Å². The molecule has 3 rings (SSSR count). The summed E-state index contributed by atoms with van der Waals surface area (Å²) in [4.78, 5) is 13.6. The summed E-state index contributed by atoms with van der Waals surface area (Å²) in [5, 5.41) is 14.7. The third-order valence-electron chi connectivity index (χ3n) is 6.28. The Bertz CT molecular complexity index is 672. The fraction of sp³-hybridized carbons (Fsp3) is 0.625. The van der Waals surface area contributed by atoms with Crippen LogP contribution in [-0.4, -0.2) is 96.2 Å². The Hall–Kier alpha value is -2.25. The zero-order chi connectivity index (χ0) is 22.6. The monoisotopic (exact) mass is 427 g/mol. The van der Waals surface area contributed by atoms with Gasteiger partial charge in [0.15, 0.2) is 0 Å². The lowest BCUT2D eigenvalue weighted by molar-refractivity contribution is 0.138. The summed E-state index contributed by atoms with van der Waals surface area (Å²) in [5.74, 6) is 0.521. The second kappa shape index (κ2) is 13.2. The Morgan fingerprint density at radius 3 is 2.19 bits per heavy atom. The van der Waals surface area contributed by atoms with Gasteiger partial charge < -0.3 is 15.2 Å². The van der Waals surface area contributed by atoms with Crippen molar-refractivity contribution in [2.75, 3.05) is 57.3 Å². The van der Waals surface area contributed by atoms with Gasteiger partial charge in [0.05, 0.1) is 11.9 Å². The molecule has 2 aliphatic heterocycles. The minimum Gasteiger partial charge on any atom is -0.368 e. The van der Waals surface area contributed by atoms with Crippen LogP contribution in [0, 0.1) is 10.8 Å². The average molecular weight is 428 g/mol. The first-order chi connectivity index (χ1) is 15.0. The summed E-state index contributed by atoms with van der Waals surface area (Å²) in [6, 6.07) is 5.46. The summed E-state index contributed by atoms with van der Waals surface area (Å²) >= 11 is 0. The smallest absolute Gasteiger partial charge is 0.120 e. The summed E-state index contributed by atoms with van der Waals surface area (Å²) in [6.45, 7) is 17.5. The van der Waals surface area contributed by atoms with Crippen LogP contribution in [0.15, 0.2) is 36.7 Å². The lowest BCUT2D eigenvalue weighted by Gasteiger charge is -2.38. The van der Waals surface area contributed by atoms with Crippen molar-refractivity contribution in [2.24, 2.45) is 0 Å². The van der Waals surface area contributed by atoms with Gasteiger partial charge in [-0.25, -0.2) is 0 Å². The molecule has 3 heterocycles. The maximum absolute atomic E-state index is 7.82. The highest BCUT2D eigenvalue weighted by molar-refractivity contribution is 5.93. The Morgan fingerprint density at radius 2 is 1.68 bits per heavy atom. The topological polar surface area (TPSA) is 73.6 Å². The van der Waals surface area contributed by atoms with Crippen LogP contribution < -0.4 is 4.90 Å². The third-order valence-corrected chi connectivity index (χ3v) is 6.28. The van der Waals surface area contributed by atoms with E-state index in [0.717, 1.165) is 52.4 Å². The van der Waals surface area contributed by atoms with Crippen molar-refractivity contribution in [1.29, 1.82) is 10.8 Å². The van der Waals surface area contributed by atoms with Gasteiger partial charge in [-0.1, -0.05) is 6.92 Å². The molecule has 1 aromatic rings. The van der Waals surface area contributed by atoms with Gasteiger partial charge in [0, 0.05) is 76.9 Å². The summed E-state index contributed by atoms with van der Waals surface area (Å²) in [6.07, 6.45) is 9.46. The molecule has 0 radical (unpaired) electrons. The first-order valence-corrected chi connectivity index (χ1v) is 11.6. The van der Waals surface area contributed by atoms with E-state index in [1.54, 1.807) is 12.2 Å². The van der Waals surface area contributed by atoms with Crippen molar-refractivity contribution < 1.29 is 0 Å². The van der Waals surface area contributed by atoms with E-state index in [2.05, 4.69) is 58.3 Å². The van der Waals surface area contributed by atoms with Crippen molar-refractivity contribution >= 4 is 17.7 Å². The van der Waals surface area contributed by atoms with E-state index >= 15 is 0 Å². The summed E-state index contributed by atoms with van der Waals surface area (Å²) < 4.78 is 0. The van der Waals surface area contributed by atoms with Crippen LogP contribution in [-0.2, 0) is 0 Å². The lowest BCUT2D eigenvalue weighted by Crippen LogP contribution is -2.50. The molecule has 172 valence electrons. The molecule has 0 aromatic carbocycles. The second-order valence-corrected chi connectivity index (χ2v) is 8.52. The van der Waals surface area contributed by atoms with E-state index in [0.29, 0.717) is 17.9 Å². The lowest BCUT2D eigenvalue weighted by atomic mass is 10.2. The molecule has 2 saturated heterocycles. The van der Waals surface area contributed by atoms with Gasteiger partial charge in [0.2, 0.25) is 0 Å². The quantitative estimate of drug-likeness (QED) is 0.539. The van der Waals surface area contributed by atoms with Crippen LogP contribution in [0.25, 0.3) is 0 Å². The highest BCUT2D eigenvalue weighted by Crippen LogP contribution is 2.15. The molecule has 7 nitrogen and oxygen atoms in total. The molecule has 0 amide bonds. The number of hydrogen-bond acceptors (Lipinski definition) is 6. The van der Waals surface area contributed by atoms with Crippen LogP contribution in [0.5, 0.6) is 0 Å². The van der Waals surface area contributed by atoms with Crippen LogP contribution in [0.2, 0.25) is 0 Å². The van der Waals surface area contributed by atoms with Crippen LogP contribution in [0.4, 0.5) is 5.69 Å². The van der Waals surface area contributed by atoms with Gasteiger partial charge in [-0.15, -0.1) is 0 Å². The largest absolute Gasteiger partial charge is 0.368 e. The molecule has 0 aliphatic carbocycles. The number of piperazine rings is 2. The average Bonchev–Trinajstić information content (AvgIpc) is 2.83. The van der Waals surface area contributed by atoms with E-state index in [4.69, 9.17) is 10.8 Å². The Morgan fingerprint density at radius 1 is 1.03 bits per heavy atom. The van der Waals surface area contributed by atoms with Gasteiger partial charge in [-0.2, -0.15) is 0 Å². The highest BCUT2D eigenvalue weighted by Gasteiger charge is 2.20. The van der Waals surface area contributed by atoms with Crippen molar-refractivity contribution in [1.82, 2.24) is 19.7 Å². The molecule has 0 spiro atoms. The van der Waals surface area contributed by atoms with Crippen molar-refractivity contribution in [3.8, 4) is 0 Å². The number of amidine groups is 1. The van der Waals surface area contributed by atoms with E-state index in [-0.39, 0.29) is 0 Å². The van der Waals surface area contributed by atoms with Gasteiger partial charge >= 0.3 is 0 Å². The molecular formula is C24H41N7. The Labute approximate surface area is 188 Å². The second-order valence-electron chi connectivity index (χ2n) is 8.52. The molecule has 7 heteroatoms. The SMILES string of the molecule is CC(C)N1CCN(c2cccnc2)CC1.CCC(C)N1CCN(C(=N)/C=C\C=N)CC1. The van der Waals surface area contributed by atoms with E-state index in [9.17, 15) is 0 Å². The standard InChI is InChI=1S/C12H22N4.C12H19N3/c1-3-11(2)15-7-9-16(10-8-15)12(14)5-4-6-13;1-11(2)14-6-8-15(9-7-14)12-4-3-5-13-10-12/h4-6,11,13-14H,3,7-10H2,1-2H3;3-5,10-11H,6-9H2,1-2H3/b5-4-,13-6?,14-12?;. The Balaban J connectivity index is 0.000000220. The molecule has 2 aliphatic rings. The van der Waals surface area contributed by atoms with Gasteiger partial charge in [0.25, 0.3) is 0 Å². The first-order valence-electron chi connectivity index (χ1n) is 11.6. The fourth-order valence-corrected chi connectivity index (χ4v) is 3.94. The van der Waals surface area contributed by atoms with Crippen molar-refractivity contribution in [3.05, 3.63) is 36.7 Å². The van der Waals surface area contributed by atoms with E-state index in [1.165, 1.54) is 18.3 Å². The van der Waals surface area contributed by atoms with E-state index in [1.807, 2.05) is 18.5 Å². The number of nitrogens with one attached hydrogen (secondary N) is 2. The summed E-state index contributed by atoms with van der Waals surface area (Å²) in [5.41, 5.74) is 1.25. The molecular weight excluding hydrogens is 386 g/mol. The first kappa shape index (κ1) is 25.0. The maximum atomic E-state index is 7.82. The van der Waals surface area contributed by atoms with Crippen LogP contribution >= 0.6 is 0 Å². The number of rotatable bonds is 6. The molecule has 0 bridgehead atoms. The number of aromatic nitrogens is 1. The highest BCUT2D eigenvalue weighted by atomic mass is 15.3. The van der Waals surface area contributed by atoms with Crippen molar-refractivity contribution in [3.63, 3.8) is 0 Å². The number of anilines is 1. The zero-order valence-electron chi connectivity index (χ0n) is 19.8. The number of allylic oxidation sites excluding steroid dienone is 1. The molecule has 31 heavy (non-hydrogen) atoms. The fourth-order valence-electron chi connectivity index (χ4n) is 3.94. The minimum absolute atomic E-state index is 0.521. The number of nitrogens with zero attached hydrogens (tertiary/aromatic N) is 5. The predicted molar refractivity (Wildman–Crippen MR) is 132 cm³/mol. The predicted octanol–water partition coefficient (Wildman–Crippen LogP) is 3.20. The number of hydrogen-bond donors (Lipinski definition) is 2. The molecule has 2 fully saturated rings. The van der Waals surface area contributed by atoms with Gasteiger partial charge in [0.1, 0.15) is 5.84 Å². The minimum atomic E-state index is 0.521. The molecule has 1 atom stereocenters. The zero-order valence-corrected chi connectivity index (χ0v) is 19.8. The summed E-state index contributed by atoms with van der Waals surface area (Å²) in [7, 11) is 0. The Kier molecular flexibility index (Phi) is 10.7. The molecule has 1 aromatic heterocycles. The van der Waals surface area contributed by atoms with Crippen LogP contribution in [0.3, 0.4) is 0 Å². The van der Waals surface area contributed by atoms with Gasteiger partial charge in [-0.3, -0.25) is 20.2 Å². The van der Waals surface area contributed by atoms with Crippen LogP contribution in [0.1, 0.15) is 34.1 Å². The van der Waals surface area contributed by atoms with Crippen molar-refractivity contribution in [2.45, 2.75) is 46.2 Å². The maximum Gasteiger partial charge on any atom is 0.120 e. The third kappa shape index (κ3) is 8.07. The molecule has 2 N–H and O–H groups in total. The normalized spacial score (nSPS) is 19.3. The molecule has 1 unspecified atom stereocenters. The number of pyridine rings is 1. The van der Waals surface area contributed by atoms with Gasteiger partial charge in [-0.05, 0) is 51.5 Å².